The maximum atomic E-state index is 9.24. The Bertz CT molecular complexity index is 7140. The molecule has 0 saturated carbocycles. The second-order valence-electron chi connectivity index (χ2n) is 26.2. The molecule has 22 aromatic rings. The molecular weight excluding hydrogens is 1320 g/mol. The SMILES string of the molecule is Brc1cccc(-n2c3ccccc3c3cc4c5ccc6ccccc6c5n(-c5ccccc5)c4cc32)c1.OB(O)c1cccc2c1oc1ccccc12.c1ccc(-n2c3cc4c(cc3c3ccc5ccccc5c32)c2ccccc2n4-c2cccc(-c3cccc4c3oc3ccccc34)c2)cc1. The highest BCUT2D eigenvalue weighted by Gasteiger charge is 2.24. The number of hydrogen-bond donors (Lipinski definition) is 2. The molecule has 16 aromatic carbocycles. The van der Waals surface area contributed by atoms with Crippen LogP contribution in [0, 0.1) is 0 Å². The second-order valence-corrected chi connectivity index (χ2v) is 27.1. The van der Waals surface area contributed by atoms with E-state index < -0.39 is 7.12 Å². The van der Waals surface area contributed by atoms with Crippen molar-refractivity contribution in [2.24, 2.45) is 0 Å². The zero-order valence-electron chi connectivity index (χ0n) is 54.8. The Morgan fingerprint density at radius 1 is 0.255 bits per heavy atom. The van der Waals surface area contributed by atoms with Crippen LogP contribution in [0.15, 0.2) is 353 Å². The largest absolute Gasteiger partial charge is 0.492 e. The maximum absolute atomic E-state index is 9.24. The fourth-order valence-electron chi connectivity index (χ4n) is 16.1. The average Bonchev–Trinajstić information content (AvgIpc) is 1.55. The van der Waals surface area contributed by atoms with Crippen LogP contribution in [0.1, 0.15) is 0 Å². The highest BCUT2D eigenvalue weighted by Crippen LogP contribution is 2.45. The standard InChI is InChI=1S/C46H28N2O.C34H21BrN2.C12H9BO3/c1-2-14-31(15-3-1)48-43-28-42-39(27-40(43)37-25-24-29-12-4-5-17-33(29)45(37)48)35-18-6-8-22-41(35)47(42)32-16-10-13-30(26-32)34-20-11-21-38-36-19-7-9-23-44(36)49-46(34)38;35-23-10-8-13-25(19-23)36-31-16-7-6-15-27(31)29-20-30-28-18-17-22-9-4-5-14-26(22)34(28)37(33(30)21-32(29)36)24-11-2-1-3-12-24;14-13(15)10-6-3-5-9-8-4-1-2-7-11(8)16-12(9)10/h1-28H;1-21H;1-7,14-15H. The minimum Gasteiger partial charge on any atom is -0.456 e. The summed E-state index contributed by atoms with van der Waals surface area (Å²) in [6.07, 6.45) is 0. The van der Waals surface area contributed by atoms with Crippen LogP contribution in [-0.4, -0.2) is 35.4 Å². The number of benzene rings is 16. The summed E-state index contributed by atoms with van der Waals surface area (Å²) in [4.78, 5) is 0. The molecule has 2 N–H and O–H groups in total. The average molecular weight is 1370 g/mol. The van der Waals surface area contributed by atoms with Gasteiger partial charge in [0.15, 0.2) is 0 Å². The van der Waals surface area contributed by atoms with Gasteiger partial charge < -0.3 is 37.2 Å². The van der Waals surface area contributed by atoms with Crippen LogP contribution in [0.5, 0.6) is 0 Å². The lowest BCUT2D eigenvalue weighted by Crippen LogP contribution is -2.29. The fourth-order valence-corrected chi connectivity index (χ4v) is 16.5. The van der Waals surface area contributed by atoms with E-state index in [2.05, 4.69) is 319 Å². The van der Waals surface area contributed by atoms with E-state index in [-0.39, 0.29) is 0 Å². The van der Waals surface area contributed by atoms with Gasteiger partial charge in [0.25, 0.3) is 0 Å². The summed E-state index contributed by atoms with van der Waals surface area (Å²) >= 11 is 3.69. The van der Waals surface area contributed by atoms with Crippen molar-refractivity contribution < 1.29 is 18.9 Å². The molecule has 8 nitrogen and oxygen atoms in total. The number of rotatable bonds is 6. The van der Waals surface area contributed by atoms with Crippen molar-refractivity contribution in [2.45, 2.75) is 0 Å². The van der Waals surface area contributed by atoms with Crippen molar-refractivity contribution in [1.29, 1.82) is 0 Å². The number of aromatic nitrogens is 4. The minimum atomic E-state index is -1.51. The molecule has 6 heterocycles. The van der Waals surface area contributed by atoms with Gasteiger partial charge in [-0.25, -0.2) is 0 Å². The van der Waals surface area contributed by atoms with E-state index in [1.54, 1.807) is 12.1 Å². The normalized spacial score (nSPS) is 11.9. The lowest BCUT2D eigenvalue weighted by molar-refractivity contribution is 0.425. The fraction of sp³-hybridized carbons (Fsp3) is 0. The molecule has 0 amide bonds. The predicted octanol–water partition coefficient (Wildman–Crippen LogP) is 23.7. The summed E-state index contributed by atoms with van der Waals surface area (Å²) < 4.78 is 22.9. The van der Waals surface area contributed by atoms with Gasteiger partial charge in [0.1, 0.15) is 22.3 Å². The van der Waals surface area contributed by atoms with E-state index in [0.29, 0.717) is 11.0 Å². The van der Waals surface area contributed by atoms with Crippen molar-refractivity contribution in [3.63, 3.8) is 0 Å². The predicted molar refractivity (Wildman–Crippen MR) is 429 cm³/mol. The molecule has 0 aliphatic carbocycles. The van der Waals surface area contributed by atoms with E-state index in [1.165, 1.54) is 114 Å². The number of halogens is 1. The van der Waals surface area contributed by atoms with Gasteiger partial charge in [-0.1, -0.05) is 253 Å². The van der Waals surface area contributed by atoms with Gasteiger partial charge >= 0.3 is 7.12 Å². The third kappa shape index (κ3) is 9.38. The molecule has 0 radical (unpaired) electrons. The first-order chi connectivity index (χ1) is 50.4. The monoisotopic (exact) mass is 1370 g/mol. The Morgan fingerprint density at radius 3 is 1.20 bits per heavy atom. The minimum absolute atomic E-state index is 0.397. The molecule has 0 bridgehead atoms. The molecule has 0 spiro atoms. The van der Waals surface area contributed by atoms with Crippen LogP contribution in [-0.2, 0) is 0 Å². The molecule has 0 unspecified atom stereocenters. The van der Waals surface area contributed by atoms with E-state index in [9.17, 15) is 10.0 Å². The van der Waals surface area contributed by atoms with Crippen molar-refractivity contribution in [3.05, 3.63) is 344 Å². The zero-order valence-corrected chi connectivity index (χ0v) is 56.4. The lowest BCUT2D eigenvalue weighted by Gasteiger charge is -2.12. The van der Waals surface area contributed by atoms with E-state index in [1.807, 2.05) is 42.5 Å². The Morgan fingerprint density at radius 2 is 0.657 bits per heavy atom. The summed E-state index contributed by atoms with van der Waals surface area (Å²) in [5.41, 5.74) is 20.0. The first kappa shape index (κ1) is 59.4. The lowest BCUT2D eigenvalue weighted by atomic mass is 9.79. The van der Waals surface area contributed by atoms with Gasteiger partial charge in [-0.3, -0.25) is 0 Å². The van der Waals surface area contributed by atoms with E-state index in [0.717, 1.165) is 71.0 Å². The molecule has 0 saturated heterocycles. The van der Waals surface area contributed by atoms with Gasteiger partial charge in [0.2, 0.25) is 0 Å². The van der Waals surface area contributed by atoms with Crippen LogP contribution in [0.4, 0.5) is 0 Å². The molecule has 0 aliphatic rings. The summed E-state index contributed by atoms with van der Waals surface area (Å²) in [7, 11) is -1.51. The summed E-state index contributed by atoms with van der Waals surface area (Å²) in [5, 5.41) is 37.8. The Hall–Kier alpha value is -12.7. The van der Waals surface area contributed by atoms with Gasteiger partial charge in [-0.15, -0.1) is 0 Å². The Balaban J connectivity index is 0.000000115. The number of furan rings is 2. The second kappa shape index (κ2) is 23.8. The number of hydrogen-bond acceptors (Lipinski definition) is 4. The van der Waals surface area contributed by atoms with E-state index >= 15 is 0 Å². The Labute approximate surface area is 592 Å². The molecule has 0 fully saturated rings. The highest BCUT2D eigenvalue weighted by molar-refractivity contribution is 9.10. The summed E-state index contributed by atoms with van der Waals surface area (Å²) in [6.45, 7) is 0. The van der Waals surface area contributed by atoms with Crippen LogP contribution in [0.25, 0.3) is 187 Å². The third-order valence-corrected chi connectivity index (χ3v) is 21.0. The molecule has 102 heavy (non-hydrogen) atoms. The topological polar surface area (TPSA) is 86.5 Å². The molecule has 480 valence electrons. The van der Waals surface area contributed by atoms with Crippen molar-refractivity contribution in [3.8, 4) is 33.9 Å². The molecule has 10 heteroatoms. The smallest absolute Gasteiger partial charge is 0.456 e. The summed E-state index contributed by atoms with van der Waals surface area (Å²) in [6, 6.07) is 120. The third-order valence-electron chi connectivity index (χ3n) is 20.5. The molecular formula is C92H58BBrN4O4. The van der Waals surface area contributed by atoms with Gasteiger partial charge in [-0.2, -0.15) is 0 Å². The van der Waals surface area contributed by atoms with Crippen LogP contribution in [0.2, 0.25) is 0 Å². The highest BCUT2D eigenvalue weighted by atomic mass is 79.9. The Kier molecular flexibility index (Phi) is 13.8. The van der Waals surface area contributed by atoms with E-state index in [4.69, 9.17) is 8.83 Å². The van der Waals surface area contributed by atoms with Crippen LogP contribution in [0.3, 0.4) is 0 Å². The number of nitrogens with zero attached hydrogens (tertiary/aromatic N) is 4. The van der Waals surface area contributed by atoms with Crippen molar-refractivity contribution >= 4 is 181 Å². The van der Waals surface area contributed by atoms with Gasteiger partial charge in [-0.05, 0) is 119 Å². The van der Waals surface area contributed by atoms with Crippen molar-refractivity contribution in [2.75, 3.05) is 0 Å². The first-order valence-corrected chi connectivity index (χ1v) is 35.1. The van der Waals surface area contributed by atoms with Crippen LogP contribution < -0.4 is 5.46 Å². The van der Waals surface area contributed by atoms with Gasteiger partial charge in [0.05, 0.1) is 44.1 Å². The number of fused-ring (bicyclic) bond motifs is 22. The number of para-hydroxylation sites is 8. The van der Waals surface area contributed by atoms with Gasteiger partial charge in [0, 0.05) is 114 Å². The first-order valence-electron chi connectivity index (χ1n) is 34.3. The zero-order chi connectivity index (χ0) is 67.7. The van der Waals surface area contributed by atoms with Crippen molar-refractivity contribution in [1.82, 2.24) is 18.3 Å². The molecule has 0 atom stereocenters. The molecule has 6 aromatic heterocycles. The molecule has 0 aliphatic heterocycles. The summed E-state index contributed by atoms with van der Waals surface area (Å²) in [5.74, 6) is 0. The maximum Gasteiger partial charge on any atom is 0.492 e. The van der Waals surface area contributed by atoms with Crippen LogP contribution >= 0.6 is 15.9 Å². The quantitative estimate of drug-likeness (QED) is 0.162. The molecule has 22 rings (SSSR count).